The molecule has 0 aromatic carbocycles. The van der Waals surface area contributed by atoms with E-state index in [1.807, 2.05) is 12.2 Å². The van der Waals surface area contributed by atoms with Gasteiger partial charge in [0.25, 0.3) is 0 Å². The van der Waals surface area contributed by atoms with E-state index in [-0.39, 0.29) is 25.8 Å². The van der Waals surface area contributed by atoms with Gasteiger partial charge in [-0.3, -0.25) is 6.08 Å². The number of hydrogen-bond acceptors (Lipinski definition) is 3. The summed E-state index contributed by atoms with van der Waals surface area (Å²) in [5.74, 6) is 0. The molecule has 0 fully saturated rings. The van der Waals surface area contributed by atoms with Crippen molar-refractivity contribution in [3.63, 3.8) is 0 Å². The van der Waals surface area contributed by atoms with Gasteiger partial charge in [-0.2, -0.15) is 6.08 Å². The van der Waals surface area contributed by atoms with E-state index in [4.69, 9.17) is 0 Å². The van der Waals surface area contributed by atoms with Crippen molar-refractivity contribution >= 4 is 0 Å². The second-order valence-corrected chi connectivity index (χ2v) is 7.76. The van der Waals surface area contributed by atoms with Gasteiger partial charge in [0.2, 0.25) is 0 Å². The van der Waals surface area contributed by atoms with Crippen LogP contribution < -0.4 is 15.3 Å². The zero-order valence-electron chi connectivity index (χ0n) is 18.1. The summed E-state index contributed by atoms with van der Waals surface area (Å²) in [7, 11) is 0. The molecule has 0 aromatic rings. The van der Waals surface area contributed by atoms with Crippen LogP contribution >= 0.6 is 0 Å². The Morgan fingerprint density at radius 3 is 1.11 bits per heavy atom. The standard InChI is InChI=1S/3C6H11O.C5H5.Hf/c3*1-4-5-6(2,3)7;1-2-4-5-3-1;/h3*4H,1,5H2,2-3H3;1-3H,4H2;/q4*-1;+4. The van der Waals surface area contributed by atoms with Crippen molar-refractivity contribution in [2.75, 3.05) is 0 Å². The third-order valence-electron chi connectivity index (χ3n) is 2.49. The van der Waals surface area contributed by atoms with Crippen LogP contribution in [0.4, 0.5) is 0 Å². The Hall–Kier alpha value is -0.550. The normalized spacial score (nSPS) is 12.0. The fraction of sp³-hybridized carbons (Fsp3) is 0.565. The molecule has 0 saturated carbocycles. The Morgan fingerprint density at radius 1 is 0.778 bits per heavy atom. The molecule has 0 bridgehead atoms. The van der Waals surface area contributed by atoms with Gasteiger partial charge in [-0.1, -0.05) is 59.8 Å². The fourth-order valence-electron chi connectivity index (χ4n) is 1.38. The first-order valence-electron chi connectivity index (χ1n) is 8.84. The third-order valence-corrected chi connectivity index (χ3v) is 2.49. The van der Waals surface area contributed by atoms with Crippen LogP contribution in [-0.4, -0.2) is 16.8 Å². The van der Waals surface area contributed by atoms with Crippen molar-refractivity contribution < 1.29 is 41.2 Å². The molecule has 0 saturated heterocycles. The zero-order chi connectivity index (χ0) is 21.3. The second-order valence-electron chi connectivity index (χ2n) is 7.76. The molecule has 27 heavy (non-hydrogen) atoms. The molecular formula is C23H38HfO3. The molecule has 3 nitrogen and oxygen atoms in total. The van der Waals surface area contributed by atoms with Crippen LogP contribution in [0.25, 0.3) is 0 Å². The van der Waals surface area contributed by atoms with E-state index in [1.54, 1.807) is 59.8 Å². The van der Waals surface area contributed by atoms with Gasteiger partial charge in [-0.25, -0.2) is 12.2 Å². The number of hydrogen-bond donors (Lipinski definition) is 0. The van der Waals surface area contributed by atoms with Gasteiger partial charge in [-0.05, 0) is 19.3 Å². The molecule has 0 spiro atoms. The molecule has 0 radical (unpaired) electrons. The minimum Gasteiger partial charge on any atom is -0.850 e. The van der Waals surface area contributed by atoms with E-state index in [0.717, 1.165) is 6.42 Å². The van der Waals surface area contributed by atoms with Crippen molar-refractivity contribution in [2.24, 2.45) is 0 Å². The molecule has 0 unspecified atom stereocenters. The SMILES string of the molecule is C=CCC(C)(C)[O-].C=CCC(C)(C)[O-].C=CCC(C)(C)[O-].[C-]1=CC=CC1.[Hf+4]. The van der Waals surface area contributed by atoms with Gasteiger partial charge in [-0.15, -0.1) is 43.0 Å². The summed E-state index contributed by atoms with van der Waals surface area (Å²) in [5.41, 5.74) is -2.45. The summed E-state index contributed by atoms with van der Waals surface area (Å²) in [6.07, 6.45) is 16.6. The Balaban J connectivity index is -0.000000130. The number of allylic oxidation sites excluding steroid dienone is 4. The molecule has 0 N–H and O–H groups in total. The van der Waals surface area contributed by atoms with Crippen molar-refractivity contribution in [3.8, 4) is 0 Å². The summed E-state index contributed by atoms with van der Waals surface area (Å²) >= 11 is 0. The molecule has 0 aromatic heterocycles. The topological polar surface area (TPSA) is 69.2 Å². The first-order chi connectivity index (χ1) is 11.7. The predicted octanol–water partition coefficient (Wildman–Crippen LogP) is 3.41. The maximum absolute atomic E-state index is 10.6. The largest absolute Gasteiger partial charge is 4.00 e. The van der Waals surface area contributed by atoms with E-state index >= 15 is 0 Å². The Bertz CT molecular complexity index is 359. The maximum atomic E-state index is 10.6. The van der Waals surface area contributed by atoms with Crippen LogP contribution in [-0.2, 0) is 25.8 Å². The van der Waals surface area contributed by atoms with Crippen LogP contribution in [0.2, 0.25) is 0 Å². The van der Waals surface area contributed by atoms with Gasteiger partial charge in [0, 0.05) is 0 Å². The van der Waals surface area contributed by atoms with E-state index in [9.17, 15) is 15.3 Å². The zero-order valence-corrected chi connectivity index (χ0v) is 21.7. The first kappa shape index (κ1) is 34.0. The quantitative estimate of drug-likeness (QED) is 0.294. The van der Waals surface area contributed by atoms with Gasteiger partial charge in [0.15, 0.2) is 0 Å². The Morgan fingerprint density at radius 2 is 1.07 bits per heavy atom. The molecule has 0 atom stereocenters. The van der Waals surface area contributed by atoms with E-state index in [0.29, 0.717) is 19.3 Å². The van der Waals surface area contributed by atoms with Crippen LogP contribution in [0.15, 0.2) is 56.2 Å². The van der Waals surface area contributed by atoms with E-state index in [1.165, 1.54) is 0 Å². The molecule has 4 heteroatoms. The molecule has 1 rings (SSSR count). The summed E-state index contributed by atoms with van der Waals surface area (Å²) in [5, 5.41) is 31.9. The molecule has 0 aliphatic heterocycles. The van der Waals surface area contributed by atoms with Crippen molar-refractivity contribution in [1.29, 1.82) is 0 Å². The second kappa shape index (κ2) is 18.8. The molecule has 1 aliphatic carbocycles. The minimum atomic E-state index is -0.818. The molecule has 0 amide bonds. The van der Waals surface area contributed by atoms with Gasteiger partial charge >= 0.3 is 25.8 Å². The van der Waals surface area contributed by atoms with Crippen LogP contribution in [0, 0.1) is 6.08 Å². The average Bonchev–Trinajstić information content (AvgIpc) is 2.94. The third kappa shape index (κ3) is 51.7. The smallest absolute Gasteiger partial charge is 0.850 e. The van der Waals surface area contributed by atoms with Crippen molar-refractivity contribution in [2.45, 2.75) is 84.0 Å². The van der Waals surface area contributed by atoms with Crippen molar-refractivity contribution in [3.05, 3.63) is 62.3 Å². The fourth-order valence-corrected chi connectivity index (χ4v) is 1.38. The molecule has 0 heterocycles. The summed E-state index contributed by atoms with van der Waals surface area (Å²) < 4.78 is 0. The number of rotatable bonds is 6. The van der Waals surface area contributed by atoms with Crippen molar-refractivity contribution in [1.82, 2.24) is 0 Å². The minimum absolute atomic E-state index is 0. The molecule has 1 aliphatic rings. The van der Waals surface area contributed by atoms with Crippen LogP contribution in [0.3, 0.4) is 0 Å². The van der Waals surface area contributed by atoms with Gasteiger partial charge in [0.1, 0.15) is 0 Å². The first-order valence-corrected chi connectivity index (χ1v) is 8.84. The van der Waals surface area contributed by atoms with Crippen LogP contribution in [0.5, 0.6) is 0 Å². The average molecular weight is 541 g/mol. The monoisotopic (exact) mass is 542 g/mol. The summed E-state index contributed by atoms with van der Waals surface area (Å²) in [6.45, 7) is 20.2. The van der Waals surface area contributed by atoms with Crippen LogP contribution in [0.1, 0.15) is 67.2 Å². The predicted molar refractivity (Wildman–Crippen MR) is 108 cm³/mol. The van der Waals surface area contributed by atoms with E-state index in [2.05, 4.69) is 31.9 Å². The van der Waals surface area contributed by atoms with Gasteiger partial charge in [0.05, 0.1) is 0 Å². The summed E-state index contributed by atoms with van der Waals surface area (Å²) in [6, 6.07) is 0. The summed E-state index contributed by atoms with van der Waals surface area (Å²) in [4.78, 5) is 0. The van der Waals surface area contributed by atoms with Gasteiger partial charge < -0.3 is 15.3 Å². The molecule has 152 valence electrons. The Kier molecular flexibility index (Phi) is 23.7. The maximum Gasteiger partial charge on any atom is 4.00 e. The molecular weight excluding hydrogens is 503 g/mol. The van der Waals surface area contributed by atoms with E-state index < -0.39 is 16.8 Å². The Labute approximate surface area is 187 Å².